The molecule has 3 atom stereocenters. The number of nitrogens with zero attached hydrogens (tertiary/aromatic N) is 2. The average Bonchev–Trinajstić information content (AvgIpc) is 3.23. The third kappa shape index (κ3) is 4.63. The van der Waals surface area contributed by atoms with Crippen LogP contribution >= 0.6 is 22.9 Å². The average molecular weight is 457 g/mol. The van der Waals surface area contributed by atoms with Gasteiger partial charge in [-0.1, -0.05) is 35.1 Å². The van der Waals surface area contributed by atoms with Crippen molar-refractivity contribution in [2.24, 2.45) is 5.73 Å². The molecule has 2 amide bonds. The van der Waals surface area contributed by atoms with Gasteiger partial charge in [0.1, 0.15) is 5.75 Å². The van der Waals surface area contributed by atoms with Crippen molar-refractivity contribution in [1.82, 2.24) is 15.2 Å². The predicted octanol–water partition coefficient (Wildman–Crippen LogP) is 4.95. The smallest absolute Gasteiger partial charge is 0.312 e. The number of piperidine rings is 1. The number of amides is 2. The number of urea groups is 1. The molecule has 162 valence electrons. The Kier molecular flexibility index (Phi) is 5.73. The maximum Gasteiger partial charge on any atom is 0.312 e. The van der Waals surface area contributed by atoms with Gasteiger partial charge >= 0.3 is 6.03 Å². The van der Waals surface area contributed by atoms with Crippen molar-refractivity contribution < 1.29 is 9.53 Å². The SMILES string of the molecule is NC(=O)NC1CC2CC[C@@H](C1)N2CCc1ccc(Oc2nc3ccc(Cl)cc3s2)cc1. The summed E-state index contributed by atoms with van der Waals surface area (Å²) in [7, 11) is 0. The number of hydrogen-bond acceptors (Lipinski definition) is 5. The van der Waals surface area contributed by atoms with Crippen molar-refractivity contribution in [1.29, 1.82) is 0 Å². The summed E-state index contributed by atoms with van der Waals surface area (Å²) < 4.78 is 6.97. The maximum absolute atomic E-state index is 11.2. The van der Waals surface area contributed by atoms with E-state index in [4.69, 9.17) is 22.1 Å². The van der Waals surface area contributed by atoms with Crippen LogP contribution in [-0.4, -0.2) is 40.6 Å². The number of ether oxygens (including phenoxy) is 1. The van der Waals surface area contributed by atoms with E-state index in [1.165, 1.54) is 29.7 Å². The minimum absolute atomic E-state index is 0.223. The molecule has 1 aromatic heterocycles. The molecule has 2 bridgehead atoms. The fourth-order valence-electron chi connectivity index (χ4n) is 4.96. The Hall–Kier alpha value is -2.35. The van der Waals surface area contributed by atoms with E-state index in [1.807, 2.05) is 30.3 Å². The standard InChI is InChI=1S/C23H25ClN4O2S/c24-15-3-8-20-21(11-15)31-23(27-20)30-19-6-1-14(2-7-19)9-10-28-17-4-5-18(28)13-16(12-17)26-22(25)29/h1-3,6-8,11,16-18H,4-5,9-10,12-13H2,(H3,25,26,29)/t16?,17-,18?/m0/s1. The Morgan fingerprint density at radius 1 is 1.19 bits per heavy atom. The van der Waals surface area contributed by atoms with Crippen molar-refractivity contribution in [2.75, 3.05) is 6.54 Å². The van der Waals surface area contributed by atoms with Gasteiger partial charge in [0.25, 0.3) is 5.19 Å². The third-order valence-electron chi connectivity index (χ3n) is 6.35. The molecule has 3 aromatic rings. The summed E-state index contributed by atoms with van der Waals surface area (Å²) in [5.41, 5.74) is 7.49. The number of nitrogens with two attached hydrogens (primary N) is 1. The second-order valence-electron chi connectivity index (χ2n) is 8.39. The molecule has 3 heterocycles. The first-order valence-electron chi connectivity index (χ1n) is 10.7. The van der Waals surface area contributed by atoms with Gasteiger partial charge in [-0.2, -0.15) is 0 Å². The van der Waals surface area contributed by atoms with Crippen LogP contribution in [0.1, 0.15) is 31.2 Å². The Morgan fingerprint density at radius 2 is 1.94 bits per heavy atom. The molecule has 2 unspecified atom stereocenters. The van der Waals surface area contributed by atoms with E-state index in [1.54, 1.807) is 0 Å². The molecule has 31 heavy (non-hydrogen) atoms. The number of nitrogens with one attached hydrogen (secondary N) is 1. The second kappa shape index (κ2) is 8.65. The fraction of sp³-hybridized carbons (Fsp3) is 0.391. The number of halogens is 1. The number of hydrogen-bond donors (Lipinski definition) is 2. The lowest BCUT2D eigenvalue weighted by Gasteiger charge is -2.39. The van der Waals surface area contributed by atoms with Crippen LogP contribution in [-0.2, 0) is 6.42 Å². The zero-order valence-electron chi connectivity index (χ0n) is 17.1. The van der Waals surface area contributed by atoms with E-state index < -0.39 is 6.03 Å². The highest BCUT2D eigenvalue weighted by atomic mass is 35.5. The van der Waals surface area contributed by atoms with E-state index in [2.05, 4.69) is 27.3 Å². The van der Waals surface area contributed by atoms with E-state index in [9.17, 15) is 4.79 Å². The highest BCUT2D eigenvalue weighted by molar-refractivity contribution is 7.20. The first-order valence-corrected chi connectivity index (χ1v) is 11.9. The van der Waals surface area contributed by atoms with Crippen LogP contribution < -0.4 is 15.8 Å². The molecule has 5 rings (SSSR count). The van der Waals surface area contributed by atoms with Crippen molar-refractivity contribution in [3.63, 3.8) is 0 Å². The van der Waals surface area contributed by atoms with E-state index in [0.717, 1.165) is 41.8 Å². The van der Waals surface area contributed by atoms with Gasteiger partial charge in [0.2, 0.25) is 0 Å². The lowest BCUT2D eigenvalue weighted by atomic mass is 9.96. The van der Waals surface area contributed by atoms with Crippen LogP contribution in [0.5, 0.6) is 10.9 Å². The number of fused-ring (bicyclic) bond motifs is 3. The summed E-state index contributed by atoms with van der Waals surface area (Å²) >= 11 is 7.55. The highest BCUT2D eigenvalue weighted by Crippen LogP contribution is 2.36. The van der Waals surface area contributed by atoms with Crippen LogP contribution in [0.25, 0.3) is 10.2 Å². The van der Waals surface area contributed by atoms with Crippen molar-refractivity contribution in [2.45, 2.75) is 50.2 Å². The minimum Gasteiger partial charge on any atom is -0.431 e. The topological polar surface area (TPSA) is 80.5 Å². The summed E-state index contributed by atoms with van der Waals surface area (Å²) in [5, 5.41) is 4.22. The molecule has 3 N–H and O–H groups in total. The molecule has 2 aliphatic heterocycles. The normalized spacial score (nSPS) is 23.2. The predicted molar refractivity (Wildman–Crippen MR) is 124 cm³/mol. The first-order chi connectivity index (χ1) is 15.0. The van der Waals surface area contributed by atoms with Crippen LogP contribution in [0.4, 0.5) is 4.79 Å². The molecule has 2 fully saturated rings. The zero-order valence-corrected chi connectivity index (χ0v) is 18.7. The number of carbonyl (C=O) groups is 1. The number of carbonyl (C=O) groups excluding carboxylic acids is 1. The molecular weight excluding hydrogens is 432 g/mol. The van der Waals surface area contributed by atoms with Gasteiger partial charge < -0.3 is 15.8 Å². The first kappa shape index (κ1) is 20.5. The van der Waals surface area contributed by atoms with Gasteiger partial charge in [-0.3, -0.25) is 4.90 Å². The number of thiazole rings is 1. The molecule has 0 spiro atoms. The van der Waals surface area contributed by atoms with Gasteiger partial charge in [-0.05, 0) is 68.0 Å². The Balaban J connectivity index is 1.17. The van der Waals surface area contributed by atoms with Gasteiger partial charge in [0, 0.05) is 29.7 Å². The fourth-order valence-corrected chi connectivity index (χ4v) is 6.07. The zero-order chi connectivity index (χ0) is 21.4. The van der Waals surface area contributed by atoms with E-state index >= 15 is 0 Å². The molecule has 0 saturated carbocycles. The molecule has 2 aliphatic rings. The molecular formula is C23H25ClN4O2S. The van der Waals surface area contributed by atoms with Gasteiger partial charge in [-0.15, -0.1) is 0 Å². The van der Waals surface area contributed by atoms with Gasteiger partial charge in [0.15, 0.2) is 0 Å². The molecule has 6 nitrogen and oxygen atoms in total. The van der Waals surface area contributed by atoms with Crippen molar-refractivity contribution >= 4 is 39.2 Å². The third-order valence-corrected chi connectivity index (χ3v) is 7.48. The quantitative estimate of drug-likeness (QED) is 0.550. The Morgan fingerprint density at radius 3 is 2.65 bits per heavy atom. The number of primary amides is 1. The molecule has 0 radical (unpaired) electrons. The van der Waals surface area contributed by atoms with Crippen LogP contribution in [0.3, 0.4) is 0 Å². The summed E-state index contributed by atoms with van der Waals surface area (Å²) in [6.45, 7) is 1.04. The van der Waals surface area contributed by atoms with Crippen LogP contribution in [0, 0.1) is 0 Å². The van der Waals surface area contributed by atoms with Gasteiger partial charge in [-0.25, -0.2) is 9.78 Å². The maximum atomic E-state index is 11.2. The monoisotopic (exact) mass is 456 g/mol. The minimum atomic E-state index is -0.408. The van der Waals surface area contributed by atoms with Crippen molar-refractivity contribution in [3.8, 4) is 10.9 Å². The number of rotatable bonds is 6. The van der Waals surface area contributed by atoms with Gasteiger partial charge in [0.05, 0.1) is 10.2 Å². The van der Waals surface area contributed by atoms with Crippen LogP contribution in [0.2, 0.25) is 5.02 Å². The Bertz CT molecular complexity index is 1070. The van der Waals surface area contributed by atoms with Crippen molar-refractivity contribution in [3.05, 3.63) is 53.1 Å². The molecule has 8 heteroatoms. The Labute approximate surface area is 190 Å². The largest absolute Gasteiger partial charge is 0.431 e. The summed E-state index contributed by atoms with van der Waals surface area (Å²) in [6, 6.07) is 14.8. The molecule has 2 aromatic carbocycles. The van der Waals surface area contributed by atoms with Crippen LogP contribution in [0.15, 0.2) is 42.5 Å². The lowest BCUT2D eigenvalue weighted by molar-refractivity contribution is 0.121. The van der Waals surface area contributed by atoms with E-state index in [0.29, 0.717) is 22.3 Å². The summed E-state index contributed by atoms with van der Waals surface area (Å²) in [5.74, 6) is 0.785. The lowest BCUT2D eigenvalue weighted by Crippen LogP contribution is -2.51. The summed E-state index contributed by atoms with van der Waals surface area (Å²) in [4.78, 5) is 18.3. The summed E-state index contributed by atoms with van der Waals surface area (Å²) in [6.07, 6.45) is 5.42. The molecule has 0 aliphatic carbocycles. The number of benzene rings is 2. The number of aromatic nitrogens is 1. The van der Waals surface area contributed by atoms with E-state index in [-0.39, 0.29) is 6.04 Å². The second-order valence-corrected chi connectivity index (χ2v) is 9.82. The molecule has 2 saturated heterocycles. The highest BCUT2D eigenvalue weighted by Gasteiger charge is 2.40.